The number of phenolic OH excluding ortho intramolecular Hbond substituents is 1. The number of hydrogen-bond acceptors (Lipinski definition) is 5. The average Bonchev–Trinajstić information content (AvgIpc) is 2.82. The number of amides is 1. The summed E-state index contributed by atoms with van der Waals surface area (Å²) < 4.78 is 26.2. The van der Waals surface area contributed by atoms with Crippen molar-refractivity contribution >= 4 is 17.3 Å². The first kappa shape index (κ1) is 16.3. The molecule has 0 fully saturated rings. The molecule has 1 aromatic carbocycles. The van der Waals surface area contributed by atoms with Crippen molar-refractivity contribution in [2.45, 2.75) is 19.9 Å². The van der Waals surface area contributed by atoms with Gasteiger partial charge in [0.1, 0.15) is 18.0 Å². The molecule has 8 nitrogen and oxygen atoms in total. The van der Waals surface area contributed by atoms with Crippen molar-refractivity contribution in [3.8, 4) is 5.75 Å². The Morgan fingerprint density at radius 2 is 2.17 bits per heavy atom. The van der Waals surface area contributed by atoms with E-state index in [0.717, 1.165) is 16.8 Å². The van der Waals surface area contributed by atoms with Gasteiger partial charge in [0.25, 0.3) is 12.1 Å². The topological polar surface area (TPSA) is 110 Å². The molecule has 2 N–H and O–H groups in total. The Morgan fingerprint density at radius 3 is 2.70 bits per heavy atom. The van der Waals surface area contributed by atoms with E-state index in [-0.39, 0.29) is 17.9 Å². The second-order valence-corrected chi connectivity index (χ2v) is 4.68. The van der Waals surface area contributed by atoms with Gasteiger partial charge in [-0.15, -0.1) is 0 Å². The van der Waals surface area contributed by atoms with Crippen LogP contribution in [0.25, 0.3) is 0 Å². The average molecular weight is 326 g/mol. The maximum Gasteiger partial charge on any atom is 0.282 e. The van der Waals surface area contributed by atoms with Crippen LogP contribution in [0.4, 0.5) is 20.2 Å². The molecule has 0 aliphatic carbocycles. The Morgan fingerprint density at radius 1 is 1.48 bits per heavy atom. The maximum absolute atomic E-state index is 12.5. The molecule has 10 heteroatoms. The summed E-state index contributed by atoms with van der Waals surface area (Å²) in [5.41, 5.74) is -0.415. The van der Waals surface area contributed by atoms with E-state index in [2.05, 4.69) is 10.4 Å². The third-order valence-corrected chi connectivity index (χ3v) is 2.98. The molecule has 1 aromatic heterocycles. The molecule has 2 aromatic rings. The minimum Gasteiger partial charge on any atom is -0.506 e. The van der Waals surface area contributed by atoms with Gasteiger partial charge >= 0.3 is 0 Å². The highest BCUT2D eigenvalue weighted by atomic mass is 19.3. The zero-order valence-corrected chi connectivity index (χ0v) is 11.9. The van der Waals surface area contributed by atoms with Gasteiger partial charge in [-0.2, -0.15) is 5.10 Å². The smallest absolute Gasteiger partial charge is 0.282 e. The van der Waals surface area contributed by atoms with Gasteiger partial charge < -0.3 is 10.4 Å². The summed E-state index contributed by atoms with van der Waals surface area (Å²) in [6.45, 7) is 1.19. The number of nitrogens with one attached hydrogen (secondary N) is 1. The van der Waals surface area contributed by atoms with E-state index in [0.29, 0.717) is 5.69 Å². The Kier molecular flexibility index (Phi) is 4.53. The van der Waals surface area contributed by atoms with Crippen molar-refractivity contribution in [1.82, 2.24) is 9.78 Å². The number of anilines is 1. The fourth-order valence-electron chi connectivity index (χ4n) is 1.87. The predicted octanol–water partition coefficient (Wildman–Crippen LogP) is 2.38. The molecular formula is C13H12F2N4O4. The number of rotatable bonds is 5. The van der Waals surface area contributed by atoms with Crippen LogP contribution in [-0.2, 0) is 11.3 Å². The van der Waals surface area contributed by atoms with E-state index in [1.807, 2.05) is 0 Å². The third kappa shape index (κ3) is 3.78. The lowest BCUT2D eigenvalue weighted by molar-refractivity contribution is -0.384. The molecule has 23 heavy (non-hydrogen) atoms. The number of hydrogen-bond donors (Lipinski definition) is 2. The summed E-state index contributed by atoms with van der Waals surface area (Å²) in [4.78, 5) is 21.7. The Hall–Kier alpha value is -3.04. The number of aromatic nitrogens is 2. The van der Waals surface area contributed by atoms with Crippen LogP contribution in [0.1, 0.15) is 17.8 Å². The van der Waals surface area contributed by atoms with Gasteiger partial charge in [-0.05, 0) is 19.1 Å². The number of carbonyl (C=O) groups is 1. The monoisotopic (exact) mass is 326 g/mol. The van der Waals surface area contributed by atoms with Crippen molar-refractivity contribution in [2.75, 3.05) is 5.32 Å². The lowest BCUT2D eigenvalue weighted by Gasteiger charge is -2.08. The molecule has 0 saturated heterocycles. The highest BCUT2D eigenvalue weighted by Gasteiger charge is 2.16. The number of carbonyl (C=O) groups excluding carboxylic acids is 1. The summed E-state index contributed by atoms with van der Waals surface area (Å²) in [7, 11) is 0. The first-order valence-electron chi connectivity index (χ1n) is 6.37. The first-order valence-corrected chi connectivity index (χ1v) is 6.37. The Balaban J connectivity index is 2.09. The first-order chi connectivity index (χ1) is 10.8. The third-order valence-electron chi connectivity index (χ3n) is 2.98. The molecule has 2 rings (SSSR count). The van der Waals surface area contributed by atoms with E-state index >= 15 is 0 Å². The number of benzene rings is 1. The zero-order valence-electron chi connectivity index (χ0n) is 11.9. The number of aryl methyl sites for hydroxylation is 1. The summed E-state index contributed by atoms with van der Waals surface area (Å²) in [5, 5.41) is 26.1. The largest absolute Gasteiger partial charge is 0.506 e. The standard InChI is InChI=1S/C13H12F2N4O4/c1-7-4-10(13(14)15)17-18(7)6-12(21)16-9-3-2-8(19(22)23)5-11(9)20/h2-5,13,20H,6H2,1H3,(H,16,21). The number of nitrogens with zero attached hydrogens (tertiary/aromatic N) is 3. The molecule has 0 atom stereocenters. The number of aromatic hydroxyl groups is 1. The van der Waals surface area contributed by atoms with Gasteiger partial charge in [0.05, 0.1) is 16.7 Å². The van der Waals surface area contributed by atoms with Gasteiger partial charge in [0.2, 0.25) is 5.91 Å². The number of phenols is 1. The van der Waals surface area contributed by atoms with Crippen LogP contribution >= 0.6 is 0 Å². The summed E-state index contributed by atoms with van der Waals surface area (Å²) >= 11 is 0. The molecule has 0 unspecified atom stereocenters. The lowest BCUT2D eigenvalue weighted by atomic mass is 10.2. The van der Waals surface area contributed by atoms with Gasteiger partial charge in [0.15, 0.2) is 0 Å². The van der Waals surface area contributed by atoms with Crippen molar-refractivity contribution in [1.29, 1.82) is 0 Å². The molecule has 0 spiro atoms. The second kappa shape index (κ2) is 6.38. The number of nitro benzene ring substituents is 1. The Labute approximate surface area is 128 Å². The van der Waals surface area contributed by atoms with Crippen LogP contribution < -0.4 is 5.32 Å². The van der Waals surface area contributed by atoms with Gasteiger partial charge in [-0.1, -0.05) is 0 Å². The SMILES string of the molecule is Cc1cc(C(F)F)nn1CC(=O)Nc1ccc([N+](=O)[O-])cc1O. The van der Waals surface area contributed by atoms with Crippen LogP contribution in [0, 0.1) is 17.0 Å². The van der Waals surface area contributed by atoms with Crippen molar-refractivity contribution in [3.63, 3.8) is 0 Å². The molecule has 0 radical (unpaired) electrons. The quantitative estimate of drug-likeness (QED) is 0.498. The van der Waals surface area contributed by atoms with Gasteiger partial charge in [-0.25, -0.2) is 8.78 Å². The molecule has 0 bridgehead atoms. The predicted molar refractivity (Wildman–Crippen MR) is 75.3 cm³/mol. The molecular weight excluding hydrogens is 314 g/mol. The molecule has 1 heterocycles. The molecule has 1 amide bonds. The van der Waals surface area contributed by atoms with E-state index < -0.39 is 28.7 Å². The number of alkyl halides is 2. The van der Waals surface area contributed by atoms with Crippen LogP contribution in [0.5, 0.6) is 5.75 Å². The van der Waals surface area contributed by atoms with Gasteiger partial charge in [-0.3, -0.25) is 19.6 Å². The lowest BCUT2D eigenvalue weighted by Crippen LogP contribution is -2.20. The fourth-order valence-corrected chi connectivity index (χ4v) is 1.87. The minimum atomic E-state index is -2.74. The van der Waals surface area contributed by atoms with Crippen LogP contribution in [0.2, 0.25) is 0 Å². The highest BCUT2D eigenvalue weighted by Crippen LogP contribution is 2.27. The normalized spacial score (nSPS) is 10.8. The summed E-state index contributed by atoms with van der Waals surface area (Å²) in [5.74, 6) is -1.10. The van der Waals surface area contributed by atoms with Crippen molar-refractivity contribution < 1.29 is 23.6 Å². The van der Waals surface area contributed by atoms with E-state index in [4.69, 9.17) is 0 Å². The second-order valence-electron chi connectivity index (χ2n) is 4.68. The maximum atomic E-state index is 12.5. The number of non-ortho nitro benzene ring substituents is 1. The van der Waals surface area contributed by atoms with Crippen molar-refractivity contribution in [3.05, 3.63) is 45.8 Å². The highest BCUT2D eigenvalue weighted by molar-refractivity contribution is 5.92. The summed E-state index contributed by atoms with van der Waals surface area (Å²) in [6, 6.07) is 4.35. The van der Waals surface area contributed by atoms with Crippen LogP contribution in [0.3, 0.4) is 0 Å². The zero-order chi connectivity index (χ0) is 17.1. The van der Waals surface area contributed by atoms with Crippen LogP contribution in [0.15, 0.2) is 24.3 Å². The molecule has 122 valence electrons. The fraction of sp³-hybridized carbons (Fsp3) is 0.231. The number of nitro groups is 1. The molecule has 0 aliphatic heterocycles. The minimum absolute atomic E-state index is 0.0282. The molecule has 0 aliphatic rings. The van der Waals surface area contributed by atoms with E-state index in [1.54, 1.807) is 0 Å². The molecule has 0 saturated carbocycles. The van der Waals surface area contributed by atoms with E-state index in [1.165, 1.54) is 19.1 Å². The summed E-state index contributed by atoms with van der Waals surface area (Å²) in [6.07, 6.45) is -2.74. The van der Waals surface area contributed by atoms with Gasteiger partial charge in [0, 0.05) is 11.8 Å². The van der Waals surface area contributed by atoms with Crippen molar-refractivity contribution in [2.24, 2.45) is 0 Å². The number of halogens is 2. The Bertz CT molecular complexity index is 760. The van der Waals surface area contributed by atoms with Crippen LogP contribution in [-0.4, -0.2) is 25.7 Å². The van der Waals surface area contributed by atoms with E-state index in [9.17, 15) is 28.8 Å².